The second-order valence-corrected chi connectivity index (χ2v) is 8.63. The van der Waals surface area contributed by atoms with Crippen molar-refractivity contribution in [3.8, 4) is 0 Å². The number of thioether (sulfide) groups is 1. The largest absolute Gasteiger partial charge is 0.451 e. The van der Waals surface area contributed by atoms with Gasteiger partial charge in [0.25, 0.3) is 5.91 Å². The molecule has 0 aliphatic heterocycles. The van der Waals surface area contributed by atoms with Gasteiger partial charge < -0.3 is 14.6 Å². The Balaban J connectivity index is 1.53. The average Bonchev–Trinajstić information content (AvgIpc) is 3.19. The maximum Gasteiger partial charge on any atom is 0.290 e. The first-order valence-corrected chi connectivity index (χ1v) is 11.4. The fourth-order valence-electron chi connectivity index (χ4n) is 3.45. The number of aromatic nitrogens is 2. The number of hydrogen-bond donors (Lipinski definition) is 1. The molecule has 0 spiro atoms. The molecule has 0 aliphatic rings. The molecule has 0 bridgehead atoms. The van der Waals surface area contributed by atoms with Crippen LogP contribution in [0.15, 0.2) is 70.5 Å². The summed E-state index contributed by atoms with van der Waals surface area (Å²) in [6, 6.07) is 15.0. The van der Waals surface area contributed by atoms with E-state index in [1.807, 2.05) is 56.3 Å². The monoisotopic (exact) mass is 460 g/mol. The van der Waals surface area contributed by atoms with Crippen LogP contribution in [0.2, 0.25) is 0 Å². The zero-order chi connectivity index (χ0) is 23.4. The van der Waals surface area contributed by atoms with Crippen LogP contribution in [-0.2, 0) is 10.5 Å². The zero-order valence-electron chi connectivity index (χ0n) is 18.7. The molecule has 2 heterocycles. The van der Waals surface area contributed by atoms with Crippen LogP contribution in [0.3, 0.4) is 0 Å². The standard InChI is InChI=1S/C25H24N4O3S/c1-16-8-6-10-20(17(16)2)28-22(30)14-29(3)24(31)23-19(15-33-25-26-12-7-13-27-25)18-9-4-5-11-21(18)32-23/h4-13H,14-15H2,1-3H3,(H,28,30). The Hall–Kier alpha value is -3.65. The number of benzene rings is 2. The summed E-state index contributed by atoms with van der Waals surface area (Å²) in [5, 5.41) is 4.36. The number of nitrogens with one attached hydrogen (secondary N) is 1. The van der Waals surface area contributed by atoms with Gasteiger partial charge in [0, 0.05) is 41.8 Å². The number of furan rings is 1. The molecule has 2 amide bonds. The minimum absolute atomic E-state index is 0.0996. The summed E-state index contributed by atoms with van der Waals surface area (Å²) >= 11 is 1.42. The van der Waals surface area contributed by atoms with Gasteiger partial charge in [0.2, 0.25) is 5.91 Å². The normalized spacial score (nSPS) is 10.9. The number of carbonyl (C=O) groups is 2. The van der Waals surface area contributed by atoms with Crippen molar-refractivity contribution < 1.29 is 14.0 Å². The van der Waals surface area contributed by atoms with Crippen molar-refractivity contribution >= 4 is 40.2 Å². The number of aryl methyl sites for hydroxylation is 1. The quantitative estimate of drug-likeness (QED) is 0.314. The van der Waals surface area contributed by atoms with Crippen molar-refractivity contribution in [2.75, 3.05) is 18.9 Å². The molecule has 2 aromatic heterocycles. The predicted octanol–water partition coefficient (Wildman–Crippen LogP) is 4.84. The summed E-state index contributed by atoms with van der Waals surface area (Å²) in [5.74, 6) is 0.0581. The molecule has 33 heavy (non-hydrogen) atoms. The number of hydrogen-bond acceptors (Lipinski definition) is 6. The Labute approximate surface area is 196 Å². The van der Waals surface area contributed by atoms with E-state index in [1.165, 1.54) is 16.7 Å². The van der Waals surface area contributed by atoms with Gasteiger partial charge in [-0.2, -0.15) is 0 Å². The molecule has 168 valence electrons. The Morgan fingerprint density at radius 2 is 1.79 bits per heavy atom. The number of para-hydroxylation sites is 1. The van der Waals surface area contributed by atoms with Gasteiger partial charge in [0.15, 0.2) is 10.9 Å². The first kappa shape index (κ1) is 22.5. The number of anilines is 1. The number of amides is 2. The third-order valence-corrected chi connectivity index (χ3v) is 6.29. The van der Waals surface area contributed by atoms with Crippen LogP contribution >= 0.6 is 11.8 Å². The summed E-state index contributed by atoms with van der Waals surface area (Å²) in [4.78, 5) is 35.7. The number of fused-ring (bicyclic) bond motifs is 1. The molecule has 2 aromatic carbocycles. The lowest BCUT2D eigenvalue weighted by atomic mass is 10.1. The molecule has 8 heteroatoms. The van der Waals surface area contributed by atoms with Crippen molar-refractivity contribution in [3.05, 3.63) is 83.4 Å². The summed E-state index contributed by atoms with van der Waals surface area (Å²) in [6.07, 6.45) is 3.36. The van der Waals surface area contributed by atoms with Crippen LogP contribution in [0.25, 0.3) is 11.0 Å². The number of nitrogens with zero attached hydrogens (tertiary/aromatic N) is 3. The molecule has 0 aliphatic carbocycles. The van der Waals surface area contributed by atoms with Crippen molar-refractivity contribution in [2.45, 2.75) is 24.8 Å². The Bertz CT molecular complexity index is 1300. The van der Waals surface area contributed by atoms with Crippen LogP contribution in [0.5, 0.6) is 0 Å². The van der Waals surface area contributed by atoms with Crippen LogP contribution in [0.1, 0.15) is 27.2 Å². The first-order chi connectivity index (χ1) is 15.9. The molecule has 0 fully saturated rings. The molecular formula is C25H24N4O3S. The highest BCUT2D eigenvalue weighted by Crippen LogP contribution is 2.31. The lowest BCUT2D eigenvalue weighted by Crippen LogP contribution is -2.35. The van der Waals surface area contributed by atoms with E-state index in [4.69, 9.17) is 4.42 Å². The molecule has 0 saturated carbocycles. The van der Waals surface area contributed by atoms with Crippen molar-refractivity contribution in [3.63, 3.8) is 0 Å². The Morgan fingerprint density at radius 1 is 1.03 bits per heavy atom. The van der Waals surface area contributed by atoms with Gasteiger partial charge in [-0.15, -0.1) is 0 Å². The van der Waals surface area contributed by atoms with E-state index in [0.29, 0.717) is 16.5 Å². The van der Waals surface area contributed by atoms with E-state index in [0.717, 1.165) is 27.8 Å². The third-order valence-electron chi connectivity index (χ3n) is 5.39. The summed E-state index contributed by atoms with van der Waals surface area (Å²) in [7, 11) is 1.59. The van der Waals surface area contributed by atoms with Crippen molar-refractivity contribution in [2.24, 2.45) is 0 Å². The molecule has 4 aromatic rings. The minimum Gasteiger partial charge on any atom is -0.451 e. The molecule has 0 radical (unpaired) electrons. The second kappa shape index (κ2) is 9.87. The average molecular weight is 461 g/mol. The number of rotatable bonds is 7. The fraction of sp³-hybridized carbons (Fsp3) is 0.200. The lowest BCUT2D eigenvalue weighted by molar-refractivity contribution is -0.116. The Morgan fingerprint density at radius 3 is 2.58 bits per heavy atom. The SMILES string of the molecule is Cc1cccc(NC(=O)CN(C)C(=O)c2oc3ccccc3c2CSc2ncccn2)c1C. The van der Waals surface area contributed by atoms with E-state index in [2.05, 4.69) is 15.3 Å². The number of likely N-dealkylation sites (N-methyl/N-ethyl adjacent to an activating group) is 1. The highest BCUT2D eigenvalue weighted by Gasteiger charge is 2.25. The fourth-order valence-corrected chi connectivity index (χ4v) is 4.28. The van der Waals surface area contributed by atoms with Crippen LogP contribution in [-0.4, -0.2) is 40.3 Å². The van der Waals surface area contributed by atoms with Crippen LogP contribution < -0.4 is 5.32 Å². The van der Waals surface area contributed by atoms with Crippen LogP contribution in [0.4, 0.5) is 5.69 Å². The van der Waals surface area contributed by atoms with E-state index in [-0.39, 0.29) is 24.1 Å². The molecule has 0 unspecified atom stereocenters. The maximum atomic E-state index is 13.3. The summed E-state index contributed by atoms with van der Waals surface area (Å²) in [6.45, 7) is 3.84. The van der Waals surface area contributed by atoms with Gasteiger partial charge in [-0.3, -0.25) is 9.59 Å². The van der Waals surface area contributed by atoms with Gasteiger partial charge in [-0.25, -0.2) is 9.97 Å². The van der Waals surface area contributed by atoms with Crippen molar-refractivity contribution in [1.29, 1.82) is 0 Å². The lowest BCUT2D eigenvalue weighted by Gasteiger charge is -2.17. The molecule has 4 rings (SSSR count). The maximum absolute atomic E-state index is 13.3. The summed E-state index contributed by atoms with van der Waals surface area (Å²) in [5.41, 5.74) is 4.21. The molecule has 0 saturated heterocycles. The molecule has 1 N–H and O–H groups in total. The van der Waals surface area contributed by atoms with E-state index < -0.39 is 0 Å². The molecular weight excluding hydrogens is 436 g/mol. The highest BCUT2D eigenvalue weighted by atomic mass is 32.2. The zero-order valence-corrected chi connectivity index (χ0v) is 19.5. The molecule has 7 nitrogen and oxygen atoms in total. The topological polar surface area (TPSA) is 88.3 Å². The van der Waals surface area contributed by atoms with E-state index in [1.54, 1.807) is 25.5 Å². The molecule has 0 atom stereocenters. The van der Waals surface area contributed by atoms with Crippen molar-refractivity contribution in [1.82, 2.24) is 14.9 Å². The Kier molecular flexibility index (Phi) is 6.74. The smallest absolute Gasteiger partial charge is 0.290 e. The van der Waals surface area contributed by atoms with Crippen LogP contribution in [0, 0.1) is 13.8 Å². The highest BCUT2D eigenvalue weighted by molar-refractivity contribution is 7.98. The third kappa shape index (κ3) is 5.06. The van der Waals surface area contributed by atoms with Gasteiger partial charge in [-0.1, -0.05) is 42.1 Å². The minimum atomic E-state index is -0.355. The van der Waals surface area contributed by atoms with Gasteiger partial charge >= 0.3 is 0 Å². The summed E-state index contributed by atoms with van der Waals surface area (Å²) < 4.78 is 5.93. The van der Waals surface area contributed by atoms with E-state index >= 15 is 0 Å². The second-order valence-electron chi connectivity index (χ2n) is 7.68. The first-order valence-electron chi connectivity index (χ1n) is 10.5. The van der Waals surface area contributed by atoms with E-state index in [9.17, 15) is 9.59 Å². The van der Waals surface area contributed by atoms with Gasteiger partial charge in [-0.05, 0) is 43.2 Å². The van der Waals surface area contributed by atoms with Gasteiger partial charge in [0.1, 0.15) is 5.58 Å². The van der Waals surface area contributed by atoms with Gasteiger partial charge in [0.05, 0.1) is 6.54 Å². The number of carbonyl (C=O) groups excluding carboxylic acids is 2. The predicted molar refractivity (Wildman–Crippen MR) is 129 cm³/mol.